The standard InChI is InChI=1S/C18H21N3O4/c1-3-25-18(23)21-8-6-20(7-9-21)17-14(12-22)10-13-11-15(24-2)4-5-16(13)19-17/h4-5,10-12H,3,6-9H2,1-2H3. The molecule has 3 rings (SSSR count). The molecule has 0 unspecified atom stereocenters. The van der Waals surface area contributed by atoms with E-state index in [4.69, 9.17) is 9.47 Å². The van der Waals surface area contributed by atoms with E-state index < -0.39 is 0 Å². The minimum atomic E-state index is -0.295. The van der Waals surface area contributed by atoms with Gasteiger partial charge in [-0.05, 0) is 31.2 Å². The number of carbonyl (C=O) groups is 2. The molecule has 1 fully saturated rings. The molecule has 132 valence electrons. The zero-order chi connectivity index (χ0) is 17.8. The SMILES string of the molecule is CCOC(=O)N1CCN(c2nc3ccc(OC)cc3cc2C=O)CC1. The van der Waals surface area contributed by atoms with Crippen LogP contribution in [0.2, 0.25) is 0 Å². The monoisotopic (exact) mass is 343 g/mol. The first-order valence-electron chi connectivity index (χ1n) is 8.27. The van der Waals surface area contributed by atoms with Gasteiger partial charge in [0.05, 0.1) is 24.8 Å². The van der Waals surface area contributed by atoms with Crippen LogP contribution in [-0.2, 0) is 4.74 Å². The van der Waals surface area contributed by atoms with Crippen molar-refractivity contribution in [3.8, 4) is 5.75 Å². The molecule has 1 saturated heterocycles. The summed E-state index contributed by atoms with van der Waals surface area (Å²) < 4.78 is 10.3. The number of benzene rings is 1. The van der Waals surface area contributed by atoms with E-state index in [1.54, 1.807) is 18.9 Å². The number of piperazine rings is 1. The fraction of sp³-hybridized carbons (Fsp3) is 0.389. The number of amides is 1. The smallest absolute Gasteiger partial charge is 0.409 e. The van der Waals surface area contributed by atoms with Crippen LogP contribution in [0, 0.1) is 0 Å². The quantitative estimate of drug-likeness (QED) is 0.794. The van der Waals surface area contributed by atoms with Crippen molar-refractivity contribution in [2.24, 2.45) is 0 Å². The lowest BCUT2D eigenvalue weighted by Crippen LogP contribution is -2.49. The van der Waals surface area contributed by atoms with Gasteiger partial charge in [-0.2, -0.15) is 0 Å². The van der Waals surface area contributed by atoms with Crippen LogP contribution >= 0.6 is 0 Å². The number of fused-ring (bicyclic) bond motifs is 1. The van der Waals surface area contributed by atoms with Crippen molar-refractivity contribution in [3.63, 3.8) is 0 Å². The molecular formula is C18H21N3O4. The highest BCUT2D eigenvalue weighted by atomic mass is 16.6. The molecule has 0 bridgehead atoms. The number of methoxy groups -OCH3 is 1. The van der Waals surface area contributed by atoms with E-state index in [0.717, 1.165) is 22.9 Å². The lowest BCUT2D eigenvalue weighted by atomic mass is 10.1. The molecule has 0 atom stereocenters. The van der Waals surface area contributed by atoms with Crippen LogP contribution in [0.25, 0.3) is 10.9 Å². The zero-order valence-corrected chi connectivity index (χ0v) is 14.4. The Hall–Kier alpha value is -2.83. The first kappa shape index (κ1) is 17.0. The minimum Gasteiger partial charge on any atom is -0.497 e. The van der Waals surface area contributed by atoms with Crippen molar-refractivity contribution in [1.82, 2.24) is 9.88 Å². The zero-order valence-electron chi connectivity index (χ0n) is 14.4. The molecule has 2 aromatic rings. The molecular weight excluding hydrogens is 322 g/mol. The van der Waals surface area contributed by atoms with Crippen molar-refractivity contribution < 1.29 is 19.1 Å². The van der Waals surface area contributed by atoms with Crippen molar-refractivity contribution in [2.75, 3.05) is 44.8 Å². The van der Waals surface area contributed by atoms with Gasteiger partial charge in [0.2, 0.25) is 0 Å². The van der Waals surface area contributed by atoms with Crippen LogP contribution in [0.3, 0.4) is 0 Å². The van der Waals surface area contributed by atoms with E-state index in [0.29, 0.717) is 44.2 Å². The lowest BCUT2D eigenvalue weighted by molar-refractivity contribution is 0.104. The maximum absolute atomic E-state index is 11.8. The number of aromatic nitrogens is 1. The number of anilines is 1. The fourth-order valence-corrected chi connectivity index (χ4v) is 2.94. The van der Waals surface area contributed by atoms with E-state index in [1.807, 2.05) is 29.2 Å². The molecule has 0 spiro atoms. The number of hydrogen-bond donors (Lipinski definition) is 0. The second-order valence-corrected chi connectivity index (χ2v) is 5.75. The Morgan fingerprint density at radius 1 is 1.24 bits per heavy atom. The molecule has 7 nitrogen and oxygen atoms in total. The van der Waals surface area contributed by atoms with Crippen LogP contribution in [0.5, 0.6) is 5.75 Å². The van der Waals surface area contributed by atoms with E-state index >= 15 is 0 Å². The molecule has 1 aromatic carbocycles. The number of aldehydes is 1. The highest BCUT2D eigenvalue weighted by molar-refractivity contribution is 5.92. The summed E-state index contributed by atoms with van der Waals surface area (Å²) in [6.07, 6.45) is 0.523. The Kier molecular flexibility index (Phi) is 5.02. The third kappa shape index (κ3) is 3.50. The molecule has 7 heteroatoms. The molecule has 1 amide bonds. The molecule has 1 aliphatic heterocycles. The van der Waals surface area contributed by atoms with Crippen LogP contribution in [-0.4, -0.2) is 62.2 Å². The highest BCUT2D eigenvalue weighted by Gasteiger charge is 2.24. The first-order valence-corrected chi connectivity index (χ1v) is 8.27. The Balaban J connectivity index is 1.84. The molecule has 0 N–H and O–H groups in total. The average Bonchev–Trinajstić information content (AvgIpc) is 2.66. The number of rotatable bonds is 4. The Morgan fingerprint density at radius 2 is 2.00 bits per heavy atom. The third-order valence-corrected chi connectivity index (χ3v) is 4.26. The number of pyridine rings is 1. The molecule has 0 radical (unpaired) electrons. The predicted octanol–water partition coefficient (Wildman–Crippen LogP) is 2.33. The normalized spacial score (nSPS) is 14.5. The molecule has 0 aliphatic carbocycles. The predicted molar refractivity (Wildman–Crippen MR) is 94.5 cm³/mol. The third-order valence-electron chi connectivity index (χ3n) is 4.26. The molecule has 0 saturated carbocycles. The van der Waals surface area contributed by atoms with Gasteiger partial charge >= 0.3 is 6.09 Å². The summed E-state index contributed by atoms with van der Waals surface area (Å²) in [6.45, 7) is 4.45. The fourth-order valence-electron chi connectivity index (χ4n) is 2.94. The van der Waals surface area contributed by atoms with Crippen LogP contribution in [0.15, 0.2) is 24.3 Å². The topological polar surface area (TPSA) is 72.0 Å². The first-order chi connectivity index (χ1) is 12.2. The largest absolute Gasteiger partial charge is 0.497 e. The summed E-state index contributed by atoms with van der Waals surface area (Å²) in [7, 11) is 1.60. The van der Waals surface area contributed by atoms with Gasteiger partial charge in [0.1, 0.15) is 11.6 Å². The number of nitrogens with zero attached hydrogens (tertiary/aromatic N) is 3. The summed E-state index contributed by atoms with van der Waals surface area (Å²) in [4.78, 5) is 31.7. The van der Waals surface area contributed by atoms with Gasteiger partial charge in [0.15, 0.2) is 6.29 Å². The minimum absolute atomic E-state index is 0.295. The van der Waals surface area contributed by atoms with Gasteiger partial charge in [0, 0.05) is 31.6 Å². The van der Waals surface area contributed by atoms with Crippen LogP contribution in [0.1, 0.15) is 17.3 Å². The van der Waals surface area contributed by atoms with Gasteiger partial charge < -0.3 is 19.3 Å². The number of carbonyl (C=O) groups excluding carboxylic acids is 2. The van der Waals surface area contributed by atoms with E-state index in [-0.39, 0.29) is 6.09 Å². The average molecular weight is 343 g/mol. The second-order valence-electron chi connectivity index (χ2n) is 5.75. The summed E-state index contributed by atoms with van der Waals surface area (Å²) in [6, 6.07) is 7.40. The Bertz CT molecular complexity index is 785. The van der Waals surface area contributed by atoms with E-state index in [1.165, 1.54) is 0 Å². The second kappa shape index (κ2) is 7.38. The van der Waals surface area contributed by atoms with Crippen molar-refractivity contribution in [3.05, 3.63) is 29.8 Å². The van der Waals surface area contributed by atoms with Gasteiger partial charge in [-0.1, -0.05) is 0 Å². The Morgan fingerprint density at radius 3 is 2.64 bits per heavy atom. The molecule has 2 heterocycles. The Labute approximate surface area is 146 Å². The van der Waals surface area contributed by atoms with Gasteiger partial charge in [0.25, 0.3) is 0 Å². The maximum atomic E-state index is 11.8. The number of hydrogen-bond acceptors (Lipinski definition) is 6. The van der Waals surface area contributed by atoms with Gasteiger partial charge in [-0.3, -0.25) is 4.79 Å². The molecule has 25 heavy (non-hydrogen) atoms. The summed E-state index contributed by atoms with van der Waals surface area (Å²) in [5, 5.41) is 0.857. The van der Waals surface area contributed by atoms with Crippen molar-refractivity contribution in [2.45, 2.75) is 6.92 Å². The van der Waals surface area contributed by atoms with Crippen molar-refractivity contribution >= 4 is 29.1 Å². The summed E-state index contributed by atoms with van der Waals surface area (Å²) in [5.74, 6) is 1.37. The number of ether oxygens (including phenoxy) is 2. The van der Waals surface area contributed by atoms with Gasteiger partial charge in [-0.15, -0.1) is 0 Å². The maximum Gasteiger partial charge on any atom is 0.409 e. The van der Waals surface area contributed by atoms with Gasteiger partial charge in [-0.25, -0.2) is 9.78 Å². The van der Waals surface area contributed by atoms with Crippen LogP contribution < -0.4 is 9.64 Å². The lowest BCUT2D eigenvalue weighted by Gasteiger charge is -2.35. The van der Waals surface area contributed by atoms with E-state index in [9.17, 15) is 9.59 Å². The van der Waals surface area contributed by atoms with Crippen LogP contribution in [0.4, 0.5) is 10.6 Å². The molecule has 1 aromatic heterocycles. The summed E-state index contributed by atoms with van der Waals surface area (Å²) in [5.41, 5.74) is 1.33. The van der Waals surface area contributed by atoms with Crippen molar-refractivity contribution in [1.29, 1.82) is 0 Å². The highest BCUT2D eigenvalue weighted by Crippen LogP contribution is 2.26. The summed E-state index contributed by atoms with van der Waals surface area (Å²) >= 11 is 0. The van der Waals surface area contributed by atoms with E-state index in [2.05, 4.69) is 4.98 Å². The molecule has 1 aliphatic rings.